The van der Waals surface area contributed by atoms with Gasteiger partial charge in [0.25, 0.3) is 0 Å². The average Bonchev–Trinajstić information content (AvgIpc) is 2.67. The lowest BCUT2D eigenvalue weighted by Crippen LogP contribution is -2.32. The third-order valence-electron chi connectivity index (χ3n) is 2.15. The van der Waals surface area contributed by atoms with Crippen LogP contribution in [0.5, 0.6) is 0 Å². The number of hydrogen-bond acceptors (Lipinski definition) is 5. The Morgan fingerprint density at radius 3 is 2.94 bits per heavy atom. The van der Waals surface area contributed by atoms with Crippen molar-refractivity contribution in [3.8, 4) is 0 Å². The van der Waals surface area contributed by atoms with Gasteiger partial charge in [-0.05, 0) is 18.6 Å². The summed E-state index contributed by atoms with van der Waals surface area (Å²) in [5.74, 6) is -1.02. The molecule has 1 atom stereocenters. The molecule has 0 saturated heterocycles. The number of carbonyl (C=O) groups excluding carboxylic acids is 1. The van der Waals surface area contributed by atoms with Gasteiger partial charge in [0.1, 0.15) is 0 Å². The van der Waals surface area contributed by atoms with Gasteiger partial charge in [-0.15, -0.1) is 11.3 Å². The van der Waals surface area contributed by atoms with Gasteiger partial charge in [-0.25, -0.2) is 4.98 Å². The van der Waals surface area contributed by atoms with Crippen molar-refractivity contribution >= 4 is 39.3 Å². The van der Waals surface area contributed by atoms with Crippen LogP contribution in [0.1, 0.15) is 13.3 Å². The SMILES string of the molecule is CC[C@H](Sc1nc2ccccc2s1)C(=O)[O-]. The summed E-state index contributed by atoms with van der Waals surface area (Å²) in [6.07, 6.45) is 0.545. The zero-order valence-electron chi connectivity index (χ0n) is 8.67. The lowest BCUT2D eigenvalue weighted by molar-refractivity contribution is -0.304. The van der Waals surface area contributed by atoms with E-state index in [1.807, 2.05) is 31.2 Å². The molecule has 5 heteroatoms. The van der Waals surface area contributed by atoms with Crippen LogP contribution in [0.2, 0.25) is 0 Å². The summed E-state index contributed by atoms with van der Waals surface area (Å²) in [5.41, 5.74) is 0.920. The number of para-hydroxylation sites is 1. The lowest BCUT2D eigenvalue weighted by Gasteiger charge is -2.12. The Balaban J connectivity index is 2.24. The molecule has 0 unspecified atom stereocenters. The van der Waals surface area contributed by atoms with Crippen molar-refractivity contribution in [3.05, 3.63) is 24.3 Å². The number of thiazole rings is 1. The van der Waals surface area contributed by atoms with E-state index in [0.29, 0.717) is 6.42 Å². The molecule has 16 heavy (non-hydrogen) atoms. The summed E-state index contributed by atoms with van der Waals surface area (Å²) in [7, 11) is 0. The van der Waals surface area contributed by atoms with Crippen LogP contribution in [0.3, 0.4) is 0 Å². The standard InChI is InChI=1S/C11H11NO2S2/c1-2-8(10(13)14)15-11-12-7-5-3-4-6-9(7)16-11/h3-6,8H,2H2,1H3,(H,13,14)/p-1/t8-/m0/s1. The molecular formula is C11H10NO2S2-. The Morgan fingerprint density at radius 1 is 1.56 bits per heavy atom. The second-order valence-corrected chi connectivity index (χ2v) is 5.76. The number of fused-ring (bicyclic) bond motifs is 1. The second-order valence-electron chi connectivity index (χ2n) is 3.28. The minimum atomic E-state index is -1.02. The first kappa shape index (κ1) is 11.4. The summed E-state index contributed by atoms with van der Waals surface area (Å²) in [6, 6.07) is 7.78. The topological polar surface area (TPSA) is 53.0 Å². The maximum atomic E-state index is 10.8. The predicted molar refractivity (Wildman–Crippen MR) is 64.6 cm³/mol. The van der Waals surface area contributed by atoms with Crippen molar-refractivity contribution in [2.24, 2.45) is 0 Å². The number of hydrogen-bond donors (Lipinski definition) is 0. The maximum absolute atomic E-state index is 10.8. The number of benzene rings is 1. The highest BCUT2D eigenvalue weighted by molar-refractivity contribution is 8.02. The third kappa shape index (κ3) is 2.36. The van der Waals surface area contributed by atoms with Crippen LogP contribution in [0, 0.1) is 0 Å². The monoisotopic (exact) mass is 252 g/mol. The Bertz CT molecular complexity index is 476. The van der Waals surface area contributed by atoms with Gasteiger partial charge in [-0.1, -0.05) is 30.8 Å². The fraction of sp³-hybridized carbons (Fsp3) is 0.273. The number of carbonyl (C=O) groups is 1. The number of carboxylic acids is 1. The molecule has 3 nitrogen and oxygen atoms in total. The number of thioether (sulfide) groups is 1. The van der Waals surface area contributed by atoms with Crippen molar-refractivity contribution in [3.63, 3.8) is 0 Å². The predicted octanol–water partition coefficient (Wildman–Crippen LogP) is 1.92. The van der Waals surface area contributed by atoms with E-state index >= 15 is 0 Å². The highest BCUT2D eigenvalue weighted by Gasteiger charge is 2.12. The summed E-state index contributed by atoms with van der Waals surface area (Å²) in [4.78, 5) is 15.2. The molecule has 0 amide bonds. The van der Waals surface area contributed by atoms with Gasteiger partial charge in [0.05, 0.1) is 21.4 Å². The van der Waals surface area contributed by atoms with E-state index in [9.17, 15) is 9.90 Å². The van der Waals surface area contributed by atoms with E-state index in [4.69, 9.17) is 0 Å². The number of carboxylic acid groups (broad SMARTS) is 1. The fourth-order valence-electron chi connectivity index (χ4n) is 1.32. The Morgan fingerprint density at radius 2 is 2.31 bits per heavy atom. The molecule has 0 bridgehead atoms. The highest BCUT2D eigenvalue weighted by Crippen LogP contribution is 2.32. The molecule has 1 heterocycles. The smallest absolute Gasteiger partial charge is 0.151 e. The molecule has 1 aromatic heterocycles. The van der Waals surface area contributed by atoms with Gasteiger partial charge in [-0.3, -0.25) is 0 Å². The van der Waals surface area contributed by atoms with Crippen molar-refractivity contribution in [2.45, 2.75) is 22.9 Å². The molecule has 2 aromatic rings. The van der Waals surface area contributed by atoms with Crippen LogP contribution in [-0.4, -0.2) is 16.2 Å². The molecule has 0 N–H and O–H groups in total. The summed E-state index contributed by atoms with van der Waals surface area (Å²) < 4.78 is 1.87. The number of aromatic nitrogens is 1. The molecule has 0 aliphatic carbocycles. The van der Waals surface area contributed by atoms with Crippen LogP contribution in [0.25, 0.3) is 10.2 Å². The Labute approximate surface area is 102 Å². The molecular weight excluding hydrogens is 242 g/mol. The second kappa shape index (κ2) is 4.84. The van der Waals surface area contributed by atoms with Crippen molar-refractivity contribution < 1.29 is 9.90 Å². The third-order valence-corrected chi connectivity index (χ3v) is 4.62. The Hall–Kier alpha value is -1.07. The molecule has 1 aromatic carbocycles. The van der Waals surface area contributed by atoms with E-state index in [1.54, 1.807) is 0 Å². The molecule has 2 rings (SSSR count). The van der Waals surface area contributed by atoms with E-state index in [1.165, 1.54) is 23.1 Å². The average molecular weight is 252 g/mol. The van der Waals surface area contributed by atoms with Crippen LogP contribution < -0.4 is 5.11 Å². The normalized spacial score (nSPS) is 12.8. The number of rotatable bonds is 4. The van der Waals surface area contributed by atoms with Crippen LogP contribution in [-0.2, 0) is 4.79 Å². The van der Waals surface area contributed by atoms with Gasteiger partial charge in [0, 0.05) is 0 Å². The number of nitrogens with zero attached hydrogens (tertiary/aromatic N) is 1. The van der Waals surface area contributed by atoms with E-state index < -0.39 is 11.2 Å². The van der Waals surface area contributed by atoms with Crippen molar-refractivity contribution in [1.29, 1.82) is 0 Å². The van der Waals surface area contributed by atoms with Gasteiger partial charge >= 0.3 is 0 Å². The molecule has 0 fully saturated rings. The minimum Gasteiger partial charge on any atom is -0.549 e. The van der Waals surface area contributed by atoms with E-state index in [-0.39, 0.29) is 0 Å². The highest BCUT2D eigenvalue weighted by atomic mass is 32.2. The molecule has 0 spiro atoms. The summed E-state index contributed by atoms with van der Waals surface area (Å²) >= 11 is 2.79. The maximum Gasteiger partial charge on any atom is 0.151 e. The summed E-state index contributed by atoms with van der Waals surface area (Å²) in [6.45, 7) is 1.83. The zero-order valence-corrected chi connectivity index (χ0v) is 10.3. The lowest BCUT2D eigenvalue weighted by atomic mass is 10.3. The van der Waals surface area contributed by atoms with Crippen LogP contribution in [0.15, 0.2) is 28.6 Å². The molecule has 0 aliphatic heterocycles. The van der Waals surface area contributed by atoms with Crippen molar-refractivity contribution in [1.82, 2.24) is 4.98 Å². The van der Waals surface area contributed by atoms with Crippen LogP contribution in [0.4, 0.5) is 0 Å². The Kier molecular flexibility index (Phi) is 3.46. The van der Waals surface area contributed by atoms with Gasteiger partial charge in [-0.2, -0.15) is 0 Å². The van der Waals surface area contributed by atoms with Gasteiger partial charge in [0.15, 0.2) is 4.34 Å². The first-order valence-corrected chi connectivity index (χ1v) is 6.63. The van der Waals surface area contributed by atoms with Gasteiger partial charge < -0.3 is 9.90 Å². The molecule has 0 saturated carbocycles. The quantitative estimate of drug-likeness (QED) is 0.780. The molecule has 0 radical (unpaired) electrons. The molecule has 0 aliphatic rings. The fourth-order valence-corrected chi connectivity index (χ4v) is 3.49. The number of aliphatic carboxylic acids is 1. The van der Waals surface area contributed by atoms with Crippen LogP contribution >= 0.6 is 23.1 Å². The minimum absolute atomic E-state index is 0.513. The van der Waals surface area contributed by atoms with Crippen molar-refractivity contribution in [2.75, 3.05) is 0 Å². The first-order chi connectivity index (χ1) is 7.70. The van der Waals surface area contributed by atoms with E-state index in [0.717, 1.165) is 14.6 Å². The molecule has 84 valence electrons. The zero-order chi connectivity index (χ0) is 11.5. The van der Waals surface area contributed by atoms with Gasteiger partial charge in [0.2, 0.25) is 0 Å². The summed E-state index contributed by atoms with van der Waals surface area (Å²) in [5, 5.41) is 10.3. The largest absolute Gasteiger partial charge is 0.549 e. The first-order valence-electron chi connectivity index (χ1n) is 4.93. The van der Waals surface area contributed by atoms with E-state index in [2.05, 4.69) is 4.98 Å².